The predicted octanol–water partition coefficient (Wildman–Crippen LogP) is 4.92. The van der Waals surface area contributed by atoms with Gasteiger partial charge in [0.1, 0.15) is 11.5 Å². The molecule has 4 aromatic rings. The van der Waals surface area contributed by atoms with Crippen LogP contribution in [-0.2, 0) is 12.7 Å². The Labute approximate surface area is 189 Å². The number of halogens is 5. The molecule has 7 nitrogen and oxygen atoms in total. The number of carbonyl (C=O) groups excluding carboxylic acids is 1. The number of rotatable bonds is 5. The summed E-state index contributed by atoms with van der Waals surface area (Å²) in [5.41, 5.74) is -0.282. The molecular formula is C21H15ClF4N6O. The fourth-order valence-corrected chi connectivity index (χ4v) is 3.64. The first kappa shape index (κ1) is 21.4. The lowest BCUT2D eigenvalue weighted by Crippen LogP contribution is -2.16. The van der Waals surface area contributed by atoms with Crippen LogP contribution in [0.15, 0.2) is 42.6 Å². The minimum absolute atomic E-state index is 0.00171. The first-order chi connectivity index (χ1) is 15.7. The van der Waals surface area contributed by atoms with E-state index in [1.165, 1.54) is 35.0 Å². The monoisotopic (exact) mass is 478 g/mol. The molecule has 12 heteroatoms. The van der Waals surface area contributed by atoms with Crippen LogP contribution < -0.4 is 5.32 Å². The van der Waals surface area contributed by atoms with E-state index in [1.807, 2.05) is 0 Å². The predicted molar refractivity (Wildman–Crippen MR) is 111 cm³/mol. The van der Waals surface area contributed by atoms with Crippen molar-refractivity contribution in [3.63, 3.8) is 0 Å². The van der Waals surface area contributed by atoms with Gasteiger partial charge in [-0.3, -0.25) is 9.48 Å². The molecular weight excluding hydrogens is 464 g/mol. The zero-order valence-electron chi connectivity index (χ0n) is 16.8. The van der Waals surface area contributed by atoms with Gasteiger partial charge in [-0.1, -0.05) is 17.7 Å². The second-order valence-electron chi connectivity index (χ2n) is 7.73. The number of hydrogen-bond acceptors (Lipinski definition) is 4. The highest BCUT2D eigenvalue weighted by atomic mass is 35.5. The van der Waals surface area contributed by atoms with E-state index in [0.29, 0.717) is 15.8 Å². The van der Waals surface area contributed by atoms with Crippen molar-refractivity contribution in [2.45, 2.75) is 31.5 Å². The minimum atomic E-state index is -4.65. The Balaban J connectivity index is 1.37. The van der Waals surface area contributed by atoms with Crippen LogP contribution in [-0.4, -0.2) is 30.3 Å². The molecule has 0 atom stereocenters. The zero-order valence-corrected chi connectivity index (χ0v) is 17.5. The summed E-state index contributed by atoms with van der Waals surface area (Å²) in [4.78, 5) is 16.9. The molecule has 33 heavy (non-hydrogen) atoms. The standard InChI is InChI=1S/C21H15ClF4N6O/c22-14-7-13(23)4-3-12(14)10-31-6-5-18(30-31)28-20(33)16-9-19-27-15(11-1-2-11)8-17(21(24,25)26)32(19)29-16/h3-9,11H,1-2,10H2,(H,28,30,33). The first-order valence-corrected chi connectivity index (χ1v) is 10.3. The Kier molecular flexibility index (Phi) is 5.08. The van der Waals surface area contributed by atoms with Gasteiger partial charge in [0.25, 0.3) is 5.91 Å². The van der Waals surface area contributed by atoms with E-state index in [1.54, 1.807) is 6.20 Å². The van der Waals surface area contributed by atoms with Gasteiger partial charge in [0, 0.05) is 35.0 Å². The van der Waals surface area contributed by atoms with Gasteiger partial charge in [-0.05, 0) is 36.6 Å². The smallest absolute Gasteiger partial charge is 0.304 e. The van der Waals surface area contributed by atoms with Crippen LogP contribution in [0.5, 0.6) is 0 Å². The number of fused-ring (bicyclic) bond motifs is 1. The highest BCUT2D eigenvalue weighted by Gasteiger charge is 2.37. The number of aromatic nitrogens is 5. The molecule has 1 saturated carbocycles. The first-order valence-electron chi connectivity index (χ1n) is 9.94. The molecule has 170 valence electrons. The molecule has 0 saturated heterocycles. The average molecular weight is 479 g/mol. The second kappa shape index (κ2) is 7.84. The van der Waals surface area contributed by atoms with Crippen molar-refractivity contribution in [3.05, 3.63) is 76.1 Å². The highest BCUT2D eigenvalue weighted by Crippen LogP contribution is 2.41. The molecule has 1 amide bonds. The van der Waals surface area contributed by atoms with Gasteiger partial charge in [0.05, 0.1) is 6.54 Å². The van der Waals surface area contributed by atoms with Crippen molar-refractivity contribution in [3.8, 4) is 0 Å². The molecule has 5 rings (SSSR count). The van der Waals surface area contributed by atoms with Gasteiger partial charge in [0.15, 0.2) is 17.2 Å². The van der Waals surface area contributed by atoms with Crippen molar-refractivity contribution in [1.82, 2.24) is 24.4 Å². The number of nitrogens with zero attached hydrogens (tertiary/aromatic N) is 5. The van der Waals surface area contributed by atoms with Crippen molar-refractivity contribution < 1.29 is 22.4 Å². The number of hydrogen-bond donors (Lipinski definition) is 1. The number of alkyl halides is 3. The lowest BCUT2D eigenvalue weighted by molar-refractivity contribution is -0.142. The van der Waals surface area contributed by atoms with Crippen molar-refractivity contribution >= 4 is 29.0 Å². The molecule has 1 aliphatic carbocycles. The van der Waals surface area contributed by atoms with E-state index < -0.39 is 23.6 Å². The van der Waals surface area contributed by atoms with E-state index in [4.69, 9.17) is 11.6 Å². The molecule has 1 aliphatic rings. The van der Waals surface area contributed by atoms with E-state index in [-0.39, 0.29) is 34.6 Å². The molecule has 1 fully saturated rings. The van der Waals surface area contributed by atoms with Gasteiger partial charge < -0.3 is 5.32 Å². The number of anilines is 1. The van der Waals surface area contributed by atoms with Crippen LogP contribution in [0.25, 0.3) is 5.65 Å². The summed E-state index contributed by atoms with van der Waals surface area (Å²) in [6, 6.07) is 7.69. The summed E-state index contributed by atoms with van der Waals surface area (Å²) in [5.74, 6) is -1.02. The maximum atomic E-state index is 13.5. The van der Waals surface area contributed by atoms with Gasteiger partial charge in [-0.2, -0.15) is 23.4 Å². The van der Waals surface area contributed by atoms with E-state index in [9.17, 15) is 22.4 Å². The van der Waals surface area contributed by atoms with E-state index >= 15 is 0 Å². The van der Waals surface area contributed by atoms with Gasteiger partial charge in [-0.15, -0.1) is 0 Å². The molecule has 0 spiro atoms. The SMILES string of the molecule is O=C(Nc1ccn(Cc2ccc(F)cc2Cl)n1)c1cc2nc(C3CC3)cc(C(F)(F)F)n2n1. The van der Waals surface area contributed by atoms with Crippen LogP contribution in [0, 0.1) is 5.82 Å². The molecule has 3 aromatic heterocycles. The van der Waals surface area contributed by atoms with Crippen molar-refractivity contribution in [1.29, 1.82) is 0 Å². The van der Waals surface area contributed by atoms with Gasteiger partial charge in [0.2, 0.25) is 0 Å². The molecule has 0 radical (unpaired) electrons. The Bertz CT molecular complexity index is 1380. The Morgan fingerprint density at radius 1 is 1.15 bits per heavy atom. The molecule has 1 N–H and O–H groups in total. The maximum Gasteiger partial charge on any atom is 0.433 e. The topological polar surface area (TPSA) is 77.1 Å². The quantitative estimate of drug-likeness (QED) is 0.413. The number of benzene rings is 1. The summed E-state index contributed by atoms with van der Waals surface area (Å²) in [5, 5.41) is 10.8. The maximum absolute atomic E-state index is 13.5. The minimum Gasteiger partial charge on any atom is -0.304 e. The van der Waals surface area contributed by atoms with Crippen LogP contribution >= 0.6 is 11.6 Å². The summed E-state index contributed by atoms with van der Waals surface area (Å²) >= 11 is 6.02. The average Bonchev–Trinajstić information content (AvgIpc) is 3.35. The second-order valence-corrected chi connectivity index (χ2v) is 8.13. The van der Waals surface area contributed by atoms with Crippen molar-refractivity contribution in [2.24, 2.45) is 0 Å². The highest BCUT2D eigenvalue weighted by molar-refractivity contribution is 6.31. The van der Waals surface area contributed by atoms with Crippen LogP contribution in [0.1, 0.15) is 46.2 Å². The summed E-state index contributed by atoms with van der Waals surface area (Å²) in [7, 11) is 0. The molecule has 3 heterocycles. The van der Waals surface area contributed by atoms with Gasteiger partial charge >= 0.3 is 6.18 Å². The lowest BCUT2D eigenvalue weighted by Gasteiger charge is -2.10. The molecule has 0 aliphatic heterocycles. The summed E-state index contributed by atoms with van der Waals surface area (Å²) < 4.78 is 55.9. The lowest BCUT2D eigenvalue weighted by atomic mass is 10.2. The number of carbonyl (C=O) groups is 1. The summed E-state index contributed by atoms with van der Waals surface area (Å²) in [6.07, 6.45) is -1.50. The fourth-order valence-electron chi connectivity index (χ4n) is 3.42. The largest absolute Gasteiger partial charge is 0.433 e. The third kappa shape index (κ3) is 4.40. The van der Waals surface area contributed by atoms with Crippen LogP contribution in [0.3, 0.4) is 0 Å². The third-order valence-corrected chi connectivity index (χ3v) is 5.55. The molecule has 1 aromatic carbocycles. The number of amides is 1. The van der Waals surface area contributed by atoms with Crippen molar-refractivity contribution in [2.75, 3.05) is 5.32 Å². The van der Waals surface area contributed by atoms with Gasteiger partial charge in [-0.25, -0.2) is 13.9 Å². The molecule has 0 unspecified atom stereocenters. The fraction of sp³-hybridized carbons (Fsp3) is 0.238. The Morgan fingerprint density at radius 3 is 2.64 bits per heavy atom. The number of nitrogens with one attached hydrogen (secondary N) is 1. The summed E-state index contributed by atoms with van der Waals surface area (Å²) in [6.45, 7) is 0.228. The molecule has 0 bridgehead atoms. The normalized spacial score (nSPS) is 14.1. The Morgan fingerprint density at radius 2 is 1.94 bits per heavy atom. The zero-order chi connectivity index (χ0) is 23.3. The Hall–Kier alpha value is -3.47. The van der Waals surface area contributed by atoms with E-state index in [2.05, 4.69) is 20.5 Å². The van der Waals surface area contributed by atoms with Crippen LogP contribution in [0.4, 0.5) is 23.4 Å². The third-order valence-electron chi connectivity index (χ3n) is 5.20. The van der Waals surface area contributed by atoms with Crippen LogP contribution in [0.2, 0.25) is 5.02 Å². The van der Waals surface area contributed by atoms with E-state index in [0.717, 1.165) is 18.9 Å².